The number of nitrogens with zero attached hydrogens (tertiary/aromatic N) is 1. The van der Waals surface area contributed by atoms with E-state index in [0.29, 0.717) is 18.0 Å². The van der Waals surface area contributed by atoms with Gasteiger partial charge < -0.3 is 5.73 Å². The molecule has 0 bridgehead atoms. The number of aromatic nitrogens is 2. The van der Waals surface area contributed by atoms with E-state index in [2.05, 4.69) is 21.8 Å². The number of aromatic amines is 1. The minimum absolute atomic E-state index is 0.0945. The summed E-state index contributed by atoms with van der Waals surface area (Å²) >= 11 is 0. The fraction of sp³-hybridized carbons (Fsp3) is 0.769. The van der Waals surface area contributed by atoms with Crippen molar-refractivity contribution in [1.82, 2.24) is 14.9 Å². The predicted octanol–water partition coefficient (Wildman–Crippen LogP) is 1.36. The molecule has 1 aliphatic rings. The number of nitrogens with two attached hydrogens (primary N) is 1. The Morgan fingerprint density at radius 2 is 2.30 bits per heavy atom. The summed E-state index contributed by atoms with van der Waals surface area (Å²) < 4.78 is 26.9. The molecule has 1 fully saturated rings. The molecule has 4 N–H and O–H groups in total. The molecule has 2 atom stereocenters. The molecular weight excluding hydrogens is 276 g/mol. The fourth-order valence-corrected chi connectivity index (χ4v) is 4.15. The monoisotopic (exact) mass is 300 g/mol. The van der Waals surface area contributed by atoms with Crippen LogP contribution in [0.2, 0.25) is 0 Å². The van der Waals surface area contributed by atoms with Crippen LogP contribution in [0.25, 0.3) is 0 Å². The molecule has 2 unspecified atom stereocenters. The van der Waals surface area contributed by atoms with Gasteiger partial charge in [-0.15, -0.1) is 0 Å². The Morgan fingerprint density at radius 3 is 3.00 bits per heavy atom. The summed E-state index contributed by atoms with van der Waals surface area (Å²) in [6, 6.07) is 0. The lowest BCUT2D eigenvalue weighted by Gasteiger charge is -2.26. The van der Waals surface area contributed by atoms with Crippen LogP contribution in [0, 0.1) is 11.8 Å². The first kappa shape index (κ1) is 15.5. The van der Waals surface area contributed by atoms with Crippen molar-refractivity contribution in [3.05, 3.63) is 11.8 Å². The summed E-state index contributed by atoms with van der Waals surface area (Å²) in [6.07, 6.45) is 7.34. The molecule has 1 aliphatic carbocycles. The van der Waals surface area contributed by atoms with E-state index in [1.54, 1.807) is 0 Å². The van der Waals surface area contributed by atoms with E-state index in [4.69, 9.17) is 5.73 Å². The molecule has 0 aromatic carbocycles. The number of sulfonamides is 1. The van der Waals surface area contributed by atoms with Crippen LogP contribution in [0.5, 0.6) is 0 Å². The highest BCUT2D eigenvalue weighted by molar-refractivity contribution is 7.89. The summed E-state index contributed by atoms with van der Waals surface area (Å²) in [6.45, 7) is 2.91. The highest BCUT2D eigenvalue weighted by Gasteiger charge is 2.22. The third-order valence-electron chi connectivity index (χ3n) is 4.06. The zero-order chi connectivity index (χ0) is 14.6. The molecule has 20 heavy (non-hydrogen) atoms. The van der Waals surface area contributed by atoms with Crippen LogP contribution in [0.4, 0.5) is 0 Å². The van der Waals surface area contributed by atoms with Gasteiger partial charge in [-0.3, -0.25) is 5.10 Å². The smallest absolute Gasteiger partial charge is 0.257 e. The molecule has 0 radical (unpaired) electrons. The summed E-state index contributed by atoms with van der Waals surface area (Å²) in [4.78, 5) is 0. The molecule has 1 aromatic rings. The van der Waals surface area contributed by atoms with E-state index in [9.17, 15) is 8.42 Å². The van der Waals surface area contributed by atoms with Crippen molar-refractivity contribution in [3.63, 3.8) is 0 Å². The van der Waals surface area contributed by atoms with Gasteiger partial charge in [-0.2, -0.15) is 5.10 Å². The second-order valence-corrected chi connectivity index (χ2v) is 7.46. The minimum Gasteiger partial charge on any atom is -0.326 e. The van der Waals surface area contributed by atoms with Gasteiger partial charge in [0.2, 0.25) is 0 Å². The number of rotatable bonds is 6. The van der Waals surface area contributed by atoms with Crippen molar-refractivity contribution in [1.29, 1.82) is 0 Å². The van der Waals surface area contributed by atoms with Gasteiger partial charge in [0.25, 0.3) is 10.0 Å². The maximum Gasteiger partial charge on any atom is 0.257 e. The minimum atomic E-state index is -3.52. The molecule has 0 saturated heterocycles. The maximum atomic E-state index is 12.1. The van der Waals surface area contributed by atoms with Gasteiger partial charge in [-0.25, -0.2) is 13.1 Å². The van der Waals surface area contributed by atoms with E-state index >= 15 is 0 Å². The Hall–Kier alpha value is -0.920. The van der Waals surface area contributed by atoms with E-state index in [0.717, 1.165) is 12.3 Å². The lowest BCUT2D eigenvalue weighted by atomic mass is 9.81. The fourth-order valence-electron chi connectivity index (χ4n) is 2.97. The molecule has 0 spiro atoms. The van der Waals surface area contributed by atoms with Gasteiger partial charge in [0.1, 0.15) is 0 Å². The first-order chi connectivity index (χ1) is 9.53. The Labute approximate surface area is 120 Å². The molecule has 2 rings (SSSR count). The molecule has 0 amide bonds. The normalized spacial score (nSPS) is 23.9. The quantitative estimate of drug-likeness (QED) is 0.738. The van der Waals surface area contributed by atoms with Crippen molar-refractivity contribution >= 4 is 10.0 Å². The van der Waals surface area contributed by atoms with Crippen LogP contribution < -0.4 is 10.5 Å². The van der Waals surface area contributed by atoms with Crippen molar-refractivity contribution in [3.8, 4) is 0 Å². The average molecular weight is 300 g/mol. The Balaban J connectivity index is 1.87. The standard InChI is InChI=1S/C13H24N4O2S/c1-10-3-2-4-11(7-10)5-6-16-20(18,19)13-12(8-14)9-15-17-13/h9-11,16H,2-8,14H2,1H3,(H,15,17). The SMILES string of the molecule is CC1CCCC(CCNS(=O)(=O)c2[nH]ncc2CN)C1. The molecule has 6 nitrogen and oxygen atoms in total. The lowest BCUT2D eigenvalue weighted by Crippen LogP contribution is -2.28. The molecular formula is C13H24N4O2S. The summed E-state index contributed by atoms with van der Waals surface area (Å²) in [5.41, 5.74) is 6.02. The van der Waals surface area contributed by atoms with Gasteiger partial charge in [0.05, 0.1) is 6.20 Å². The Bertz CT molecular complexity index is 526. The van der Waals surface area contributed by atoms with Gasteiger partial charge in [0.15, 0.2) is 5.03 Å². The number of hydrogen-bond acceptors (Lipinski definition) is 4. The number of nitrogens with one attached hydrogen (secondary N) is 2. The summed E-state index contributed by atoms with van der Waals surface area (Å²) in [7, 11) is -3.52. The molecule has 0 aliphatic heterocycles. The van der Waals surface area contributed by atoms with Crippen LogP contribution in [-0.4, -0.2) is 25.2 Å². The third-order valence-corrected chi connectivity index (χ3v) is 5.53. The van der Waals surface area contributed by atoms with Gasteiger partial charge in [-0.05, 0) is 24.7 Å². The van der Waals surface area contributed by atoms with Gasteiger partial charge in [0, 0.05) is 18.7 Å². The number of hydrogen-bond donors (Lipinski definition) is 3. The van der Waals surface area contributed by atoms with E-state index in [1.165, 1.54) is 31.9 Å². The van der Waals surface area contributed by atoms with Crippen LogP contribution in [0.1, 0.15) is 44.6 Å². The van der Waals surface area contributed by atoms with E-state index in [-0.39, 0.29) is 11.6 Å². The third kappa shape index (κ3) is 3.80. The predicted molar refractivity (Wildman–Crippen MR) is 77.4 cm³/mol. The lowest BCUT2D eigenvalue weighted by molar-refractivity contribution is 0.271. The van der Waals surface area contributed by atoms with Crippen molar-refractivity contribution in [2.75, 3.05) is 6.54 Å². The highest BCUT2D eigenvalue weighted by atomic mass is 32.2. The van der Waals surface area contributed by atoms with Gasteiger partial charge in [-0.1, -0.05) is 26.2 Å². The van der Waals surface area contributed by atoms with Crippen molar-refractivity contribution in [2.45, 2.75) is 50.6 Å². The molecule has 7 heteroatoms. The first-order valence-electron chi connectivity index (χ1n) is 7.25. The van der Waals surface area contributed by atoms with Crippen molar-refractivity contribution in [2.24, 2.45) is 17.6 Å². The highest BCUT2D eigenvalue weighted by Crippen LogP contribution is 2.30. The summed E-state index contributed by atoms with van der Waals surface area (Å²) in [5, 5.41) is 6.35. The molecule has 1 heterocycles. The molecule has 114 valence electrons. The Kier molecular flexibility index (Phi) is 5.17. The first-order valence-corrected chi connectivity index (χ1v) is 8.73. The van der Waals surface area contributed by atoms with Crippen LogP contribution in [0.3, 0.4) is 0 Å². The summed E-state index contributed by atoms with van der Waals surface area (Å²) in [5.74, 6) is 1.40. The van der Waals surface area contributed by atoms with Crippen molar-refractivity contribution < 1.29 is 8.42 Å². The largest absolute Gasteiger partial charge is 0.326 e. The molecule has 1 saturated carbocycles. The Morgan fingerprint density at radius 1 is 1.50 bits per heavy atom. The van der Waals surface area contributed by atoms with Gasteiger partial charge >= 0.3 is 0 Å². The second-order valence-electron chi connectivity index (χ2n) is 5.75. The van der Waals surface area contributed by atoms with Crippen LogP contribution in [0.15, 0.2) is 11.2 Å². The average Bonchev–Trinajstić information content (AvgIpc) is 2.87. The maximum absolute atomic E-state index is 12.1. The molecule has 1 aromatic heterocycles. The second kappa shape index (κ2) is 6.69. The topological polar surface area (TPSA) is 101 Å². The van der Waals surface area contributed by atoms with E-state index in [1.807, 2.05) is 0 Å². The van der Waals surface area contributed by atoms with Crippen LogP contribution >= 0.6 is 0 Å². The zero-order valence-electron chi connectivity index (χ0n) is 11.9. The number of H-pyrrole nitrogens is 1. The van der Waals surface area contributed by atoms with Crippen LogP contribution in [-0.2, 0) is 16.6 Å². The van der Waals surface area contributed by atoms with E-state index < -0.39 is 10.0 Å². The zero-order valence-corrected chi connectivity index (χ0v) is 12.7.